The number of hydrogen-bond acceptors (Lipinski definition) is 3. The molecule has 1 amide bonds. The van der Waals surface area contributed by atoms with Crippen LogP contribution in [0.1, 0.15) is 29.6 Å². The van der Waals surface area contributed by atoms with E-state index in [1.54, 1.807) is 4.90 Å². The molecule has 2 saturated heterocycles. The number of carboxylic acids is 1. The molecule has 3 rings (SSSR count). The molecule has 0 aliphatic carbocycles. The number of likely N-dealkylation sites (tertiary alicyclic amines) is 1. The first-order valence-corrected chi connectivity index (χ1v) is 7.99. The lowest BCUT2D eigenvalue weighted by atomic mass is 9.76. The Bertz CT molecular complexity index is 644. The van der Waals surface area contributed by atoms with Crippen LogP contribution >= 0.6 is 11.6 Å². The highest BCUT2D eigenvalue weighted by Crippen LogP contribution is 2.39. The fraction of sp³-hybridized carbons (Fsp3) is 0.500. The van der Waals surface area contributed by atoms with E-state index in [0.29, 0.717) is 31.1 Å². The van der Waals surface area contributed by atoms with Gasteiger partial charge in [0, 0.05) is 24.7 Å². The second-order valence-corrected chi connectivity index (χ2v) is 6.83. The molecule has 2 heterocycles. The second kappa shape index (κ2) is 6.09. The van der Waals surface area contributed by atoms with Crippen LogP contribution in [0, 0.1) is 11.2 Å². The molecule has 124 valence electrons. The summed E-state index contributed by atoms with van der Waals surface area (Å²) in [6.45, 7) is 1.65. The summed E-state index contributed by atoms with van der Waals surface area (Å²) in [7, 11) is 0. The third kappa shape index (κ3) is 3.19. The van der Waals surface area contributed by atoms with Crippen LogP contribution in [0.2, 0.25) is 5.02 Å². The number of nitrogens with zero attached hydrogens (tertiary/aromatic N) is 1. The van der Waals surface area contributed by atoms with Crippen LogP contribution in [0.25, 0.3) is 0 Å². The summed E-state index contributed by atoms with van der Waals surface area (Å²) < 4.78 is 13.8. The van der Waals surface area contributed by atoms with E-state index in [2.05, 4.69) is 5.32 Å². The van der Waals surface area contributed by atoms with E-state index in [9.17, 15) is 14.0 Å². The highest BCUT2D eigenvalue weighted by molar-refractivity contribution is 6.31. The van der Waals surface area contributed by atoms with Gasteiger partial charge in [-0.2, -0.15) is 0 Å². The van der Waals surface area contributed by atoms with Crippen molar-refractivity contribution in [3.8, 4) is 0 Å². The van der Waals surface area contributed by atoms with Gasteiger partial charge in [0.25, 0.3) is 5.91 Å². The van der Waals surface area contributed by atoms with Crippen molar-refractivity contribution in [3.63, 3.8) is 0 Å². The number of carbonyl (C=O) groups excluding carboxylic acids is 1. The van der Waals surface area contributed by atoms with Crippen molar-refractivity contribution >= 4 is 23.5 Å². The molecule has 0 radical (unpaired) electrons. The maximum Gasteiger partial charge on any atom is 0.320 e. The predicted octanol–water partition coefficient (Wildman–Crippen LogP) is 2.15. The summed E-state index contributed by atoms with van der Waals surface area (Å²) in [4.78, 5) is 25.2. The smallest absolute Gasteiger partial charge is 0.320 e. The summed E-state index contributed by atoms with van der Waals surface area (Å²) in [6, 6.07) is 3.44. The number of rotatable bonds is 2. The Kier molecular flexibility index (Phi) is 4.29. The molecule has 23 heavy (non-hydrogen) atoms. The highest BCUT2D eigenvalue weighted by atomic mass is 35.5. The molecule has 1 spiro atoms. The van der Waals surface area contributed by atoms with Crippen molar-refractivity contribution in [2.75, 3.05) is 19.6 Å². The van der Waals surface area contributed by atoms with Gasteiger partial charge in [-0.1, -0.05) is 11.6 Å². The molecule has 0 aromatic heterocycles. The molecule has 7 heteroatoms. The zero-order valence-electron chi connectivity index (χ0n) is 12.5. The first-order chi connectivity index (χ1) is 10.9. The van der Waals surface area contributed by atoms with Gasteiger partial charge in [-0.3, -0.25) is 9.59 Å². The molecule has 2 aliphatic heterocycles. The number of hydrogen-bond donors (Lipinski definition) is 2. The molecular formula is C16H18ClFN2O3. The maximum absolute atomic E-state index is 13.8. The van der Waals surface area contributed by atoms with Gasteiger partial charge in [-0.25, -0.2) is 4.39 Å². The van der Waals surface area contributed by atoms with Gasteiger partial charge in [0.2, 0.25) is 0 Å². The fourth-order valence-corrected chi connectivity index (χ4v) is 3.66. The molecule has 2 aliphatic rings. The molecule has 1 aromatic rings. The minimum atomic E-state index is -0.832. The zero-order valence-corrected chi connectivity index (χ0v) is 13.3. The molecule has 0 bridgehead atoms. The van der Waals surface area contributed by atoms with Gasteiger partial charge in [0.1, 0.15) is 11.9 Å². The molecule has 2 N–H and O–H groups in total. The SMILES string of the molecule is O=C(O)[C@H]1CC2(CCN(C(=O)c3cc(Cl)ccc3F)CC2)CN1. The fourth-order valence-electron chi connectivity index (χ4n) is 3.49. The largest absolute Gasteiger partial charge is 0.480 e. The van der Waals surface area contributed by atoms with E-state index >= 15 is 0 Å². The van der Waals surface area contributed by atoms with Crippen LogP contribution in [0.5, 0.6) is 0 Å². The minimum Gasteiger partial charge on any atom is -0.480 e. The van der Waals surface area contributed by atoms with Crippen LogP contribution in [0.3, 0.4) is 0 Å². The Morgan fingerprint density at radius 1 is 1.35 bits per heavy atom. The van der Waals surface area contributed by atoms with Gasteiger partial charge >= 0.3 is 5.97 Å². The Hall–Kier alpha value is -1.66. The summed E-state index contributed by atoms with van der Waals surface area (Å²) in [5.74, 6) is -1.77. The van der Waals surface area contributed by atoms with Crippen molar-refractivity contribution in [3.05, 3.63) is 34.6 Å². The van der Waals surface area contributed by atoms with E-state index in [0.717, 1.165) is 12.8 Å². The first kappa shape index (κ1) is 16.2. The number of piperidine rings is 1. The zero-order chi connectivity index (χ0) is 16.6. The normalized spacial score (nSPS) is 23.2. The van der Waals surface area contributed by atoms with Crippen molar-refractivity contribution in [1.29, 1.82) is 0 Å². The Labute approximate surface area is 138 Å². The van der Waals surface area contributed by atoms with E-state index < -0.39 is 17.8 Å². The number of halogens is 2. The molecule has 0 saturated carbocycles. The standard InChI is InChI=1S/C16H18ClFN2O3/c17-10-1-2-12(18)11(7-10)14(21)20-5-3-16(4-6-20)8-13(15(22)23)19-9-16/h1-2,7,13,19H,3-6,8-9H2,(H,22,23)/t13-/m1/s1. The highest BCUT2D eigenvalue weighted by Gasteiger charge is 2.44. The number of aliphatic carboxylic acids is 1. The monoisotopic (exact) mass is 340 g/mol. The lowest BCUT2D eigenvalue weighted by Crippen LogP contribution is -2.44. The molecule has 2 fully saturated rings. The lowest BCUT2D eigenvalue weighted by molar-refractivity contribution is -0.139. The molecule has 0 unspecified atom stereocenters. The number of carbonyl (C=O) groups is 2. The third-order valence-electron chi connectivity index (χ3n) is 4.93. The van der Waals surface area contributed by atoms with Crippen molar-refractivity contribution in [1.82, 2.24) is 10.2 Å². The summed E-state index contributed by atoms with van der Waals surface area (Å²) in [5.41, 5.74) is -0.0893. The van der Waals surface area contributed by atoms with E-state index in [1.165, 1.54) is 18.2 Å². The number of carboxylic acid groups (broad SMARTS) is 1. The van der Waals surface area contributed by atoms with E-state index in [4.69, 9.17) is 16.7 Å². The van der Waals surface area contributed by atoms with Gasteiger partial charge in [-0.05, 0) is 42.9 Å². The van der Waals surface area contributed by atoms with E-state index in [1.807, 2.05) is 0 Å². The van der Waals surface area contributed by atoms with Gasteiger partial charge < -0.3 is 15.3 Å². The van der Waals surface area contributed by atoms with E-state index in [-0.39, 0.29) is 16.9 Å². The number of nitrogens with one attached hydrogen (secondary N) is 1. The summed E-state index contributed by atoms with van der Waals surface area (Å²) in [5, 5.41) is 12.4. The predicted molar refractivity (Wildman–Crippen MR) is 83.0 cm³/mol. The Morgan fingerprint density at radius 3 is 2.65 bits per heavy atom. The lowest BCUT2D eigenvalue weighted by Gasteiger charge is -2.39. The van der Waals surface area contributed by atoms with Gasteiger partial charge in [-0.15, -0.1) is 0 Å². The quantitative estimate of drug-likeness (QED) is 0.865. The maximum atomic E-state index is 13.8. The first-order valence-electron chi connectivity index (χ1n) is 7.61. The third-order valence-corrected chi connectivity index (χ3v) is 5.16. The Balaban J connectivity index is 1.66. The van der Waals surface area contributed by atoms with Crippen LogP contribution in [-0.4, -0.2) is 47.6 Å². The molecular weight excluding hydrogens is 323 g/mol. The topological polar surface area (TPSA) is 69.6 Å². The van der Waals surface area contributed by atoms with Crippen molar-refractivity contribution < 1.29 is 19.1 Å². The van der Waals surface area contributed by atoms with Crippen molar-refractivity contribution in [2.45, 2.75) is 25.3 Å². The average molecular weight is 341 g/mol. The molecule has 5 nitrogen and oxygen atoms in total. The Morgan fingerprint density at radius 2 is 2.04 bits per heavy atom. The van der Waals surface area contributed by atoms with Gasteiger partial charge in [0.05, 0.1) is 5.56 Å². The van der Waals surface area contributed by atoms with Gasteiger partial charge in [0.15, 0.2) is 0 Å². The molecule has 1 aromatic carbocycles. The minimum absolute atomic E-state index is 0.0126. The average Bonchev–Trinajstić information content (AvgIpc) is 2.94. The second-order valence-electron chi connectivity index (χ2n) is 6.39. The number of amides is 1. The van der Waals surface area contributed by atoms with Crippen LogP contribution < -0.4 is 5.32 Å². The summed E-state index contributed by atoms with van der Waals surface area (Å²) in [6.07, 6.45) is 2.02. The van der Waals surface area contributed by atoms with Crippen molar-refractivity contribution in [2.24, 2.45) is 5.41 Å². The number of benzene rings is 1. The molecule has 1 atom stereocenters. The van der Waals surface area contributed by atoms with Crippen LogP contribution in [0.4, 0.5) is 4.39 Å². The summed E-state index contributed by atoms with van der Waals surface area (Å²) >= 11 is 5.84. The van der Waals surface area contributed by atoms with Crippen LogP contribution in [0.15, 0.2) is 18.2 Å². The van der Waals surface area contributed by atoms with Crippen LogP contribution in [-0.2, 0) is 4.79 Å².